The second kappa shape index (κ2) is 7.22. The van der Waals surface area contributed by atoms with Crippen LogP contribution >= 0.6 is 15.9 Å². The summed E-state index contributed by atoms with van der Waals surface area (Å²) in [6, 6.07) is 34.0. The Bertz CT molecular complexity index is 1370. The monoisotopic (exact) mass is 440 g/mol. The molecule has 1 heterocycles. The van der Waals surface area contributed by atoms with Crippen molar-refractivity contribution in [2.45, 2.75) is 0 Å². The highest BCUT2D eigenvalue weighted by Gasteiger charge is 2.16. The molecule has 0 saturated carbocycles. The average molecular weight is 441 g/mol. The molecule has 3 nitrogen and oxygen atoms in total. The van der Waals surface area contributed by atoms with Gasteiger partial charge in [0.05, 0.1) is 22.4 Å². The summed E-state index contributed by atoms with van der Waals surface area (Å²) in [6.07, 6.45) is 0. The van der Waals surface area contributed by atoms with Crippen molar-refractivity contribution in [2.75, 3.05) is 0 Å². The third-order valence-corrected chi connectivity index (χ3v) is 5.57. The van der Waals surface area contributed by atoms with Crippen LogP contribution in [0, 0.1) is 0 Å². The van der Waals surface area contributed by atoms with Crippen LogP contribution in [0.3, 0.4) is 0 Å². The van der Waals surface area contributed by atoms with Crippen molar-refractivity contribution in [2.24, 2.45) is 0 Å². The highest BCUT2D eigenvalue weighted by atomic mass is 79.9. The van der Waals surface area contributed by atoms with E-state index < -0.39 is 0 Å². The molecule has 0 aliphatic rings. The minimum absolute atomic E-state index is 0.0845. The molecule has 0 aliphatic heterocycles. The lowest BCUT2D eigenvalue weighted by Gasteiger charge is -2.07. The number of hydrogen-bond donors (Lipinski definition) is 0. The Kier molecular flexibility index (Phi) is 4.41. The molecule has 0 fully saturated rings. The third-order valence-electron chi connectivity index (χ3n) is 5.04. The normalized spacial score (nSPS) is 11.1. The molecule has 0 unspecified atom stereocenters. The lowest BCUT2D eigenvalue weighted by atomic mass is 10.1. The van der Waals surface area contributed by atoms with Crippen LogP contribution in [0.2, 0.25) is 0 Å². The molecule has 5 rings (SSSR count). The maximum Gasteiger partial charge on any atom is 0.338 e. The first-order valence-corrected chi connectivity index (χ1v) is 10.2. The second-order valence-electron chi connectivity index (χ2n) is 6.83. The van der Waals surface area contributed by atoms with Crippen molar-refractivity contribution in [1.29, 1.82) is 0 Å². The topological polar surface area (TPSA) is 26.9 Å². The van der Waals surface area contributed by atoms with Crippen LogP contribution in [-0.4, -0.2) is 9.13 Å². The van der Waals surface area contributed by atoms with E-state index in [0.717, 1.165) is 38.0 Å². The summed E-state index contributed by atoms with van der Waals surface area (Å²) in [5, 5.41) is 0. The molecular formula is C25H17BrN2O. The zero-order chi connectivity index (χ0) is 19.8. The van der Waals surface area contributed by atoms with Gasteiger partial charge in [-0.05, 0) is 59.7 Å². The average Bonchev–Trinajstić information content (AvgIpc) is 3.07. The smallest absolute Gasteiger partial charge is 0.260 e. The maximum atomic E-state index is 13.5. The number of imidazole rings is 1. The summed E-state index contributed by atoms with van der Waals surface area (Å²) in [4.78, 5) is 13.5. The molecule has 0 radical (unpaired) electrons. The molecule has 1 aromatic heterocycles. The molecule has 0 spiro atoms. The molecule has 140 valence electrons. The quantitative estimate of drug-likeness (QED) is 0.327. The van der Waals surface area contributed by atoms with Crippen molar-refractivity contribution in [3.8, 4) is 22.5 Å². The minimum Gasteiger partial charge on any atom is -0.260 e. The van der Waals surface area contributed by atoms with Gasteiger partial charge in [-0.2, -0.15) is 0 Å². The summed E-state index contributed by atoms with van der Waals surface area (Å²) >= 11 is 3.47. The molecule has 0 amide bonds. The molecule has 5 aromatic rings. The fourth-order valence-corrected chi connectivity index (χ4v) is 3.96. The van der Waals surface area contributed by atoms with Gasteiger partial charge in [-0.15, -0.1) is 0 Å². The number of halogens is 1. The van der Waals surface area contributed by atoms with E-state index in [9.17, 15) is 4.79 Å². The molecule has 4 heteroatoms. The summed E-state index contributed by atoms with van der Waals surface area (Å²) in [5.41, 5.74) is 5.57. The zero-order valence-corrected chi connectivity index (χ0v) is 17.1. The Labute approximate surface area is 176 Å². The third kappa shape index (κ3) is 3.12. The van der Waals surface area contributed by atoms with E-state index in [4.69, 9.17) is 0 Å². The first-order valence-electron chi connectivity index (χ1n) is 9.37. The fraction of sp³-hybridized carbons (Fsp3) is 0. The van der Waals surface area contributed by atoms with E-state index in [0.29, 0.717) is 0 Å². The molecule has 29 heavy (non-hydrogen) atoms. The van der Waals surface area contributed by atoms with Crippen LogP contribution in [0.5, 0.6) is 0 Å². The highest BCUT2D eigenvalue weighted by molar-refractivity contribution is 9.10. The minimum atomic E-state index is -0.0845. The van der Waals surface area contributed by atoms with E-state index >= 15 is 0 Å². The molecule has 0 N–H and O–H groups in total. The largest absolute Gasteiger partial charge is 0.338 e. The highest BCUT2D eigenvalue weighted by Crippen LogP contribution is 2.25. The van der Waals surface area contributed by atoms with Crippen LogP contribution in [0.1, 0.15) is 0 Å². The van der Waals surface area contributed by atoms with Gasteiger partial charge in [0.1, 0.15) is 0 Å². The van der Waals surface area contributed by atoms with Gasteiger partial charge in [0.15, 0.2) is 0 Å². The van der Waals surface area contributed by atoms with E-state index in [1.165, 1.54) is 0 Å². The van der Waals surface area contributed by atoms with E-state index in [1.54, 1.807) is 9.13 Å². The van der Waals surface area contributed by atoms with Crippen LogP contribution in [0.15, 0.2) is 112 Å². The van der Waals surface area contributed by atoms with Crippen LogP contribution in [0.25, 0.3) is 33.5 Å². The molecule has 0 saturated heterocycles. The lowest BCUT2D eigenvalue weighted by molar-refractivity contribution is 0.930. The number of benzene rings is 4. The summed E-state index contributed by atoms with van der Waals surface area (Å²) in [5.74, 6) is 0. The Morgan fingerprint density at radius 3 is 1.83 bits per heavy atom. The van der Waals surface area contributed by atoms with Gasteiger partial charge in [-0.1, -0.05) is 70.5 Å². The van der Waals surface area contributed by atoms with E-state index in [1.807, 2.05) is 78.9 Å². The SMILES string of the molecule is O=c1n(-c2ccc(Br)cc2)c2ccccc2n1-c1cccc(-c2ccccc2)c1. The Balaban J connectivity index is 1.76. The first kappa shape index (κ1) is 17.7. The van der Waals surface area contributed by atoms with Crippen LogP contribution < -0.4 is 5.69 Å². The van der Waals surface area contributed by atoms with Gasteiger partial charge in [0.25, 0.3) is 0 Å². The number of para-hydroxylation sites is 2. The number of hydrogen-bond acceptors (Lipinski definition) is 1. The van der Waals surface area contributed by atoms with E-state index in [2.05, 4.69) is 40.2 Å². The molecule has 4 aromatic carbocycles. The van der Waals surface area contributed by atoms with Gasteiger partial charge in [0.2, 0.25) is 0 Å². The molecule has 0 bridgehead atoms. The van der Waals surface area contributed by atoms with Gasteiger partial charge in [-0.3, -0.25) is 9.13 Å². The van der Waals surface area contributed by atoms with Crippen molar-refractivity contribution < 1.29 is 0 Å². The van der Waals surface area contributed by atoms with Crippen LogP contribution in [-0.2, 0) is 0 Å². The number of rotatable bonds is 3. The number of fused-ring (bicyclic) bond motifs is 1. The summed E-state index contributed by atoms with van der Waals surface area (Å²) in [7, 11) is 0. The van der Waals surface area contributed by atoms with Gasteiger partial charge in [0, 0.05) is 4.47 Å². The molecule has 0 aliphatic carbocycles. The Morgan fingerprint density at radius 2 is 1.14 bits per heavy atom. The fourth-order valence-electron chi connectivity index (χ4n) is 3.69. The number of nitrogens with zero attached hydrogens (tertiary/aromatic N) is 2. The number of aromatic nitrogens is 2. The van der Waals surface area contributed by atoms with E-state index in [-0.39, 0.29) is 5.69 Å². The van der Waals surface area contributed by atoms with Gasteiger partial charge < -0.3 is 0 Å². The Hall–Kier alpha value is -3.37. The maximum absolute atomic E-state index is 13.5. The predicted molar refractivity (Wildman–Crippen MR) is 122 cm³/mol. The first-order chi connectivity index (χ1) is 14.2. The lowest BCUT2D eigenvalue weighted by Crippen LogP contribution is -2.22. The predicted octanol–water partition coefficient (Wildman–Crippen LogP) is 6.21. The zero-order valence-electron chi connectivity index (χ0n) is 15.5. The summed E-state index contributed by atoms with van der Waals surface area (Å²) in [6.45, 7) is 0. The van der Waals surface area contributed by atoms with Crippen molar-refractivity contribution >= 4 is 27.0 Å². The second-order valence-corrected chi connectivity index (χ2v) is 7.75. The standard InChI is InChI=1S/C25H17BrN2O/c26-20-13-15-21(16-14-20)27-23-11-4-5-12-24(23)28(25(27)29)22-10-6-9-19(17-22)18-7-2-1-3-8-18/h1-17H. The van der Waals surface area contributed by atoms with Crippen LogP contribution in [0.4, 0.5) is 0 Å². The van der Waals surface area contributed by atoms with Gasteiger partial charge in [-0.25, -0.2) is 4.79 Å². The molecule has 0 atom stereocenters. The van der Waals surface area contributed by atoms with Crippen molar-refractivity contribution in [1.82, 2.24) is 9.13 Å². The van der Waals surface area contributed by atoms with Gasteiger partial charge >= 0.3 is 5.69 Å². The molecular weight excluding hydrogens is 424 g/mol. The van der Waals surface area contributed by atoms with Crippen molar-refractivity contribution in [3.63, 3.8) is 0 Å². The van der Waals surface area contributed by atoms with Crippen molar-refractivity contribution in [3.05, 3.63) is 118 Å². The summed E-state index contributed by atoms with van der Waals surface area (Å²) < 4.78 is 4.52. The Morgan fingerprint density at radius 1 is 0.552 bits per heavy atom.